The predicted octanol–water partition coefficient (Wildman–Crippen LogP) is 3.05. The van der Waals surface area contributed by atoms with E-state index in [0.29, 0.717) is 12.5 Å². The second kappa shape index (κ2) is 9.39. The molecule has 0 fully saturated rings. The van der Waals surface area contributed by atoms with Crippen LogP contribution in [0.15, 0.2) is 59.6 Å². The van der Waals surface area contributed by atoms with E-state index in [9.17, 15) is 5.11 Å². The molecule has 0 bridgehead atoms. The normalized spacial score (nSPS) is 18.1. The molecule has 3 N–H and O–H groups in total. The van der Waals surface area contributed by atoms with Crippen molar-refractivity contribution in [3.63, 3.8) is 0 Å². The Morgan fingerprint density at radius 1 is 1.12 bits per heavy atom. The molecule has 0 aliphatic heterocycles. The van der Waals surface area contributed by atoms with Crippen molar-refractivity contribution >= 4 is 5.96 Å². The van der Waals surface area contributed by atoms with Crippen LogP contribution < -0.4 is 10.6 Å². The summed E-state index contributed by atoms with van der Waals surface area (Å²) < 4.78 is 0. The molecule has 1 aliphatic rings. The standard InChI is InChI=1S/C22H29N3O/c1-23-22(25-15-20(16-26)17-8-3-2-4-9-17)24-14-19-12-7-11-18-10-5-6-13-21(18)19/h2-6,8-10,13,19-20,26H,7,11-12,14-16H2,1H3,(H2,23,24,25). The van der Waals surface area contributed by atoms with Crippen LogP contribution in [0.25, 0.3) is 0 Å². The molecule has 138 valence electrons. The maximum absolute atomic E-state index is 9.71. The molecule has 2 atom stereocenters. The van der Waals surface area contributed by atoms with Crippen LogP contribution in [0.5, 0.6) is 0 Å². The smallest absolute Gasteiger partial charge is 0.191 e. The van der Waals surface area contributed by atoms with Crippen molar-refractivity contribution in [3.05, 3.63) is 71.3 Å². The van der Waals surface area contributed by atoms with Crippen LogP contribution in [0.3, 0.4) is 0 Å². The third-order valence-electron chi connectivity index (χ3n) is 5.24. The van der Waals surface area contributed by atoms with Crippen LogP contribution >= 0.6 is 0 Å². The molecule has 0 spiro atoms. The summed E-state index contributed by atoms with van der Waals surface area (Å²) in [5.74, 6) is 1.38. The fourth-order valence-electron chi connectivity index (χ4n) is 3.74. The van der Waals surface area contributed by atoms with E-state index in [1.807, 2.05) is 18.2 Å². The number of nitrogens with zero attached hydrogens (tertiary/aromatic N) is 1. The Labute approximate surface area is 156 Å². The van der Waals surface area contributed by atoms with E-state index in [4.69, 9.17) is 0 Å². The van der Waals surface area contributed by atoms with E-state index >= 15 is 0 Å². The number of aliphatic hydroxyl groups is 1. The Bertz CT molecular complexity index is 714. The summed E-state index contributed by atoms with van der Waals surface area (Å²) in [6.07, 6.45) is 3.65. The molecular formula is C22H29N3O. The Kier molecular flexibility index (Phi) is 6.67. The summed E-state index contributed by atoms with van der Waals surface area (Å²) in [6.45, 7) is 1.65. The summed E-state index contributed by atoms with van der Waals surface area (Å²) >= 11 is 0. The highest BCUT2D eigenvalue weighted by molar-refractivity contribution is 5.79. The van der Waals surface area contributed by atoms with Crippen molar-refractivity contribution in [1.29, 1.82) is 0 Å². The summed E-state index contributed by atoms with van der Waals surface area (Å²) in [4.78, 5) is 4.34. The van der Waals surface area contributed by atoms with Gasteiger partial charge in [-0.3, -0.25) is 4.99 Å². The lowest BCUT2D eigenvalue weighted by atomic mass is 9.83. The maximum Gasteiger partial charge on any atom is 0.191 e. The van der Waals surface area contributed by atoms with Gasteiger partial charge in [0.15, 0.2) is 5.96 Å². The topological polar surface area (TPSA) is 56.7 Å². The quantitative estimate of drug-likeness (QED) is 0.554. The molecule has 4 heteroatoms. The minimum absolute atomic E-state index is 0.0603. The molecule has 0 aromatic heterocycles. The fourth-order valence-corrected chi connectivity index (χ4v) is 3.74. The number of fused-ring (bicyclic) bond motifs is 1. The van der Waals surface area contributed by atoms with Gasteiger partial charge >= 0.3 is 0 Å². The molecule has 26 heavy (non-hydrogen) atoms. The average molecular weight is 351 g/mol. The molecule has 0 saturated heterocycles. The zero-order valence-electron chi connectivity index (χ0n) is 15.5. The second-order valence-corrected chi connectivity index (χ2v) is 6.91. The van der Waals surface area contributed by atoms with E-state index in [1.54, 1.807) is 7.05 Å². The fraction of sp³-hybridized carbons (Fsp3) is 0.409. The number of aryl methyl sites for hydroxylation is 1. The number of nitrogens with one attached hydrogen (secondary N) is 2. The highest BCUT2D eigenvalue weighted by Crippen LogP contribution is 2.30. The molecule has 1 aliphatic carbocycles. The number of aliphatic hydroxyl groups excluding tert-OH is 1. The van der Waals surface area contributed by atoms with E-state index < -0.39 is 0 Å². The monoisotopic (exact) mass is 351 g/mol. The summed E-state index contributed by atoms with van der Waals surface area (Å²) in [6, 6.07) is 18.9. The summed E-state index contributed by atoms with van der Waals surface area (Å²) in [7, 11) is 1.79. The Morgan fingerprint density at radius 3 is 2.65 bits per heavy atom. The third kappa shape index (κ3) is 4.64. The number of aliphatic imine (C=N–C) groups is 1. The SMILES string of the molecule is CN=C(NCC(CO)c1ccccc1)NCC1CCCc2ccccc21. The Balaban J connectivity index is 1.54. The lowest BCUT2D eigenvalue weighted by Gasteiger charge is -2.26. The van der Waals surface area contributed by atoms with E-state index in [-0.39, 0.29) is 12.5 Å². The van der Waals surface area contributed by atoms with Gasteiger partial charge in [0.05, 0.1) is 6.61 Å². The van der Waals surface area contributed by atoms with Gasteiger partial charge in [-0.15, -0.1) is 0 Å². The summed E-state index contributed by atoms with van der Waals surface area (Å²) in [5, 5.41) is 16.5. The molecule has 2 aromatic rings. The molecule has 3 rings (SSSR count). The van der Waals surface area contributed by atoms with Crippen LogP contribution in [0.4, 0.5) is 0 Å². The van der Waals surface area contributed by atoms with Gasteiger partial charge in [0.2, 0.25) is 0 Å². The number of hydrogen-bond acceptors (Lipinski definition) is 2. The highest BCUT2D eigenvalue weighted by Gasteiger charge is 2.20. The maximum atomic E-state index is 9.71. The van der Waals surface area contributed by atoms with Gasteiger partial charge in [0, 0.05) is 32.0 Å². The summed E-state index contributed by atoms with van der Waals surface area (Å²) in [5.41, 5.74) is 4.09. The molecule has 0 saturated carbocycles. The van der Waals surface area contributed by atoms with Crippen molar-refractivity contribution in [2.75, 3.05) is 26.7 Å². The second-order valence-electron chi connectivity index (χ2n) is 6.91. The molecule has 2 aromatic carbocycles. The van der Waals surface area contributed by atoms with Gasteiger partial charge in [-0.1, -0.05) is 54.6 Å². The highest BCUT2D eigenvalue weighted by atomic mass is 16.3. The average Bonchev–Trinajstić information content (AvgIpc) is 2.71. The lowest BCUT2D eigenvalue weighted by Crippen LogP contribution is -2.41. The van der Waals surface area contributed by atoms with Crippen molar-refractivity contribution in [1.82, 2.24) is 10.6 Å². The third-order valence-corrected chi connectivity index (χ3v) is 5.24. The molecular weight excluding hydrogens is 322 g/mol. The van der Waals surface area contributed by atoms with Gasteiger partial charge in [-0.05, 0) is 36.0 Å². The van der Waals surface area contributed by atoms with Crippen molar-refractivity contribution in [2.24, 2.45) is 4.99 Å². The van der Waals surface area contributed by atoms with Gasteiger partial charge in [-0.2, -0.15) is 0 Å². The molecule has 2 unspecified atom stereocenters. The number of hydrogen-bond donors (Lipinski definition) is 3. The number of rotatable bonds is 6. The van der Waals surface area contributed by atoms with Gasteiger partial charge in [-0.25, -0.2) is 0 Å². The van der Waals surface area contributed by atoms with Gasteiger partial charge < -0.3 is 15.7 Å². The van der Waals surface area contributed by atoms with Crippen LogP contribution in [0.1, 0.15) is 41.4 Å². The molecule has 0 radical (unpaired) electrons. The van der Waals surface area contributed by atoms with Crippen LogP contribution in [0.2, 0.25) is 0 Å². The first-order valence-electron chi connectivity index (χ1n) is 9.50. The van der Waals surface area contributed by atoms with Gasteiger partial charge in [0.25, 0.3) is 0 Å². The van der Waals surface area contributed by atoms with Crippen LogP contribution in [-0.4, -0.2) is 37.8 Å². The first-order valence-corrected chi connectivity index (χ1v) is 9.50. The van der Waals surface area contributed by atoms with Crippen molar-refractivity contribution < 1.29 is 5.11 Å². The van der Waals surface area contributed by atoms with Crippen molar-refractivity contribution in [2.45, 2.75) is 31.1 Å². The minimum Gasteiger partial charge on any atom is -0.396 e. The van der Waals surface area contributed by atoms with Crippen LogP contribution in [-0.2, 0) is 6.42 Å². The first kappa shape index (κ1) is 18.5. The Morgan fingerprint density at radius 2 is 1.88 bits per heavy atom. The zero-order chi connectivity index (χ0) is 18.2. The lowest BCUT2D eigenvalue weighted by molar-refractivity contribution is 0.265. The van der Waals surface area contributed by atoms with Gasteiger partial charge in [0.1, 0.15) is 0 Å². The molecule has 0 heterocycles. The van der Waals surface area contributed by atoms with Crippen molar-refractivity contribution in [3.8, 4) is 0 Å². The molecule has 0 amide bonds. The van der Waals surface area contributed by atoms with E-state index in [0.717, 1.165) is 18.1 Å². The van der Waals surface area contributed by atoms with Crippen LogP contribution in [0, 0.1) is 0 Å². The van der Waals surface area contributed by atoms with E-state index in [2.05, 4.69) is 52.0 Å². The first-order chi connectivity index (χ1) is 12.8. The predicted molar refractivity (Wildman–Crippen MR) is 108 cm³/mol. The minimum atomic E-state index is 0.0603. The number of guanidine groups is 1. The zero-order valence-corrected chi connectivity index (χ0v) is 15.5. The van der Waals surface area contributed by atoms with E-state index in [1.165, 1.54) is 30.4 Å². The largest absolute Gasteiger partial charge is 0.396 e. The Hall–Kier alpha value is -2.33. The molecule has 4 nitrogen and oxygen atoms in total. The number of benzene rings is 2.